The third-order valence-electron chi connectivity index (χ3n) is 3.26. The SMILES string of the molecule is CNc1ccc2c(NC(C)=O)cccc2c1C(C)C. The predicted molar refractivity (Wildman–Crippen MR) is 81.9 cm³/mol. The summed E-state index contributed by atoms with van der Waals surface area (Å²) in [6, 6.07) is 10.2. The average molecular weight is 256 g/mol. The van der Waals surface area contributed by atoms with Gasteiger partial charge in [0.1, 0.15) is 0 Å². The molecule has 0 unspecified atom stereocenters. The Labute approximate surface area is 114 Å². The van der Waals surface area contributed by atoms with Crippen molar-refractivity contribution in [3.8, 4) is 0 Å². The number of hydrogen-bond acceptors (Lipinski definition) is 2. The van der Waals surface area contributed by atoms with E-state index in [1.165, 1.54) is 17.9 Å². The molecule has 0 saturated carbocycles. The molecule has 0 heterocycles. The normalized spacial score (nSPS) is 10.8. The van der Waals surface area contributed by atoms with Crippen molar-refractivity contribution in [2.24, 2.45) is 0 Å². The lowest BCUT2D eigenvalue weighted by Gasteiger charge is -2.17. The molecule has 2 aromatic rings. The summed E-state index contributed by atoms with van der Waals surface area (Å²) in [5, 5.41) is 8.41. The second-order valence-corrected chi connectivity index (χ2v) is 5.01. The highest BCUT2D eigenvalue weighted by Gasteiger charge is 2.12. The Hall–Kier alpha value is -2.03. The molecule has 3 heteroatoms. The standard InChI is InChI=1S/C16H20N2O/c1-10(2)16-13-6-5-7-14(18-11(3)19)12(13)8-9-15(16)17-4/h5-10,17H,1-4H3,(H,18,19). The molecule has 1 amide bonds. The molecule has 100 valence electrons. The van der Waals surface area contributed by atoms with E-state index < -0.39 is 0 Å². The van der Waals surface area contributed by atoms with Gasteiger partial charge in [0.15, 0.2) is 0 Å². The van der Waals surface area contributed by atoms with Crippen molar-refractivity contribution in [3.05, 3.63) is 35.9 Å². The van der Waals surface area contributed by atoms with Gasteiger partial charge in [-0.1, -0.05) is 32.0 Å². The Morgan fingerprint density at radius 1 is 1.05 bits per heavy atom. The van der Waals surface area contributed by atoms with Gasteiger partial charge in [0, 0.05) is 30.7 Å². The van der Waals surface area contributed by atoms with Crippen molar-refractivity contribution < 1.29 is 4.79 Å². The van der Waals surface area contributed by atoms with E-state index in [1.807, 2.05) is 19.2 Å². The highest BCUT2D eigenvalue weighted by molar-refractivity contribution is 6.04. The van der Waals surface area contributed by atoms with Gasteiger partial charge in [0.25, 0.3) is 0 Å². The van der Waals surface area contributed by atoms with Crippen molar-refractivity contribution in [2.75, 3.05) is 17.7 Å². The summed E-state index contributed by atoms with van der Waals surface area (Å²) in [7, 11) is 1.94. The zero-order valence-corrected chi connectivity index (χ0v) is 11.9. The fourth-order valence-corrected chi connectivity index (χ4v) is 2.52. The van der Waals surface area contributed by atoms with E-state index in [4.69, 9.17) is 0 Å². The van der Waals surface area contributed by atoms with Crippen LogP contribution in [0.2, 0.25) is 0 Å². The Morgan fingerprint density at radius 2 is 1.79 bits per heavy atom. The maximum absolute atomic E-state index is 11.3. The maximum Gasteiger partial charge on any atom is 0.221 e. The van der Waals surface area contributed by atoms with Gasteiger partial charge in [0.05, 0.1) is 0 Å². The molecule has 3 nitrogen and oxygen atoms in total. The van der Waals surface area contributed by atoms with Crippen LogP contribution in [0, 0.1) is 0 Å². The van der Waals surface area contributed by atoms with Gasteiger partial charge in [-0.05, 0) is 29.0 Å². The lowest BCUT2D eigenvalue weighted by Crippen LogP contribution is -2.06. The summed E-state index contributed by atoms with van der Waals surface area (Å²) < 4.78 is 0. The lowest BCUT2D eigenvalue weighted by molar-refractivity contribution is -0.114. The number of carbonyl (C=O) groups is 1. The molecule has 0 aromatic heterocycles. The van der Waals surface area contributed by atoms with E-state index in [9.17, 15) is 4.79 Å². The molecule has 0 spiro atoms. The van der Waals surface area contributed by atoms with Crippen LogP contribution in [0.4, 0.5) is 11.4 Å². The molecule has 0 saturated heterocycles. The van der Waals surface area contributed by atoms with Crippen LogP contribution in [-0.4, -0.2) is 13.0 Å². The van der Waals surface area contributed by atoms with E-state index >= 15 is 0 Å². The van der Waals surface area contributed by atoms with E-state index in [0.717, 1.165) is 16.8 Å². The molecule has 19 heavy (non-hydrogen) atoms. The quantitative estimate of drug-likeness (QED) is 0.872. The Bertz CT molecular complexity index is 617. The van der Waals surface area contributed by atoms with Gasteiger partial charge in [0.2, 0.25) is 5.91 Å². The van der Waals surface area contributed by atoms with Gasteiger partial charge in [-0.3, -0.25) is 4.79 Å². The first-order chi connectivity index (χ1) is 9.04. The van der Waals surface area contributed by atoms with Crippen molar-refractivity contribution >= 4 is 28.1 Å². The fraction of sp³-hybridized carbons (Fsp3) is 0.312. The minimum atomic E-state index is -0.0451. The minimum absolute atomic E-state index is 0.0451. The first-order valence-corrected chi connectivity index (χ1v) is 6.55. The van der Waals surface area contributed by atoms with Gasteiger partial charge in [-0.25, -0.2) is 0 Å². The number of carbonyl (C=O) groups excluding carboxylic acids is 1. The molecule has 0 bridgehead atoms. The van der Waals surface area contributed by atoms with Crippen LogP contribution in [-0.2, 0) is 4.79 Å². The van der Waals surface area contributed by atoms with Crippen molar-refractivity contribution in [1.82, 2.24) is 0 Å². The number of nitrogens with one attached hydrogen (secondary N) is 2. The molecule has 0 aliphatic heterocycles. The summed E-state index contributed by atoms with van der Waals surface area (Å²) >= 11 is 0. The topological polar surface area (TPSA) is 41.1 Å². The summed E-state index contributed by atoms with van der Waals surface area (Å²) in [6.45, 7) is 5.89. The number of fused-ring (bicyclic) bond motifs is 1. The first kappa shape index (κ1) is 13.4. The highest BCUT2D eigenvalue weighted by atomic mass is 16.1. The van der Waals surface area contributed by atoms with Gasteiger partial charge in [-0.15, -0.1) is 0 Å². The van der Waals surface area contributed by atoms with Gasteiger partial charge >= 0.3 is 0 Å². The number of amides is 1. The van der Waals surface area contributed by atoms with Gasteiger partial charge < -0.3 is 10.6 Å². The van der Waals surface area contributed by atoms with E-state index in [1.54, 1.807) is 0 Å². The third-order valence-corrected chi connectivity index (χ3v) is 3.26. The van der Waals surface area contributed by atoms with E-state index in [0.29, 0.717) is 5.92 Å². The monoisotopic (exact) mass is 256 g/mol. The number of hydrogen-bond donors (Lipinski definition) is 2. The molecule has 0 atom stereocenters. The van der Waals surface area contributed by atoms with Gasteiger partial charge in [-0.2, -0.15) is 0 Å². The number of anilines is 2. The summed E-state index contributed by atoms with van der Waals surface area (Å²) in [4.78, 5) is 11.3. The molecule has 2 rings (SSSR count). The molecule has 2 aromatic carbocycles. The van der Waals surface area contributed by atoms with Crippen LogP contribution in [0.15, 0.2) is 30.3 Å². The highest BCUT2D eigenvalue weighted by Crippen LogP contribution is 2.35. The zero-order chi connectivity index (χ0) is 14.0. The average Bonchev–Trinajstić information content (AvgIpc) is 2.36. The van der Waals surface area contributed by atoms with Crippen LogP contribution < -0.4 is 10.6 Å². The Balaban J connectivity index is 2.72. The van der Waals surface area contributed by atoms with Crippen molar-refractivity contribution in [3.63, 3.8) is 0 Å². The molecule has 0 aliphatic rings. The minimum Gasteiger partial charge on any atom is -0.388 e. The van der Waals surface area contributed by atoms with Crippen LogP contribution in [0.25, 0.3) is 10.8 Å². The second-order valence-electron chi connectivity index (χ2n) is 5.01. The van der Waals surface area contributed by atoms with Crippen LogP contribution in [0.5, 0.6) is 0 Å². The molecule has 0 aliphatic carbocycles. The summed E-state index contributed by atoms with van der Waals surface area (Å²) in [5.74, 6) is 0.370. The summed E-state index contributed by atoms with van der Waals surface area (Å²) in [5.41, 5.74) is 3.30. The Morgan fingerprint density at radius 3 is 2.37 bits per heavy atom. The zero-order valence-electron chi connectivity index (χ0n) is 11.9. The van der Waals surface area contributed by atoms with Crippen LogP contribution >= 0.6 is 0 Å². The van der Waals surface area contributed by atoms with E-state index in [2.05, 4.69) is 42.7 Å². The number of benzene rings is 2. The van der Waals surface area contributed by atoms with Crippen LogP contribution in [0.3, 0.4) is 0 Å². The second kappa shape index (κ2) is 5.31. The predicted octanol–water partition coefficient (Wildman–Crippen LogP) is 3.96. The molecule has 2 N–H and O–H groups in total. The molecular formula is C16H20N2O. The molecular weight excluding hydrogens is 236 g/mol. The number of rotatable bonds is 3. The van der Waals surface area contributed by atoms with Crippen molar-refractivity contribution in [1.29, 1.82) is 0 Å². The van der Waals surface area contributed by atoms with Crippen LogP contribution in [0.1, 0.15) is 32.3 Å². The maximum atomic E-state index is 11.3. The molecule has 0 fully saturated rings. The molecule has 0 radical (unpaired) electrons. The third kappa shape index (κ3) is 2.55. The summed E-state index contributed by atoms with van der Waals surface area (Å²) in [6.07, 6.45) is 0. The lowest BCUT2D eigenvalue weighted by atomic mass is 9.93. The largest absolute Gasteiger partial charge is 0.388 e. The smallest absolute Gasteiger partial charge is 0.221 e. The van der Waals surface area contributed by atoms with Crippen molar-refractivity contribution in [2.45, 2.75) is 26.7 Å². The fourth-order valence-electron chi connectivity index (χ4n) is 2.52. The first-order valence-electron chi connectivity index (χ1n) is 6.55. The van der Waals surface area contributed by atoms with E-state index in [-0.39, 0.29) is 5.91 Å². The Kier molecular flexibility index (Phi) is 3.74.